The third-order valence-electron chi connectivity index (χ3n) is 3.65. The second-order valence-electron chi connectivity index (χ2n) is 5.01. The van der Waals surface area contributed by atoms with Crippen LogP contribution in [0.3, 0.4) is 0 Å². The summed E-state index contributed by atoms with van der Waals surface area (Å²) in [5, 5.41) is 4.37. The van der Waals surface area contributed by atoms with Gasteiger partial charge in [0.1, 0.15) is 0 Å². The summed E-state index contributed by atoms with van der Waals surface area (Å²) in [5.74, 6) is -0.337. The zero-order valence-corrected chi connectivity index (χ0v) is 12.4. The van der Waals surface area contributed by atoms with Gasteiger partial charge in [-0.3, -0.25) is 4.79 Å². The van der Waals surface area contributed by atoms with Crippen molar-refractivity contribution in [2.24, 2.45) is 5.73 Å². The summed E-state index contributed by atoms with van der Waals surface area (Å²) in [6, 6.07) is 9.73. The lowest BCUT2D eigenvalue weighted by Gasteiger charge is -2.20. The number of hydrogen-bond donors (Lipinski definition) is 1. The largest absolute Gasteiger partial charge is 0.469 e. The Morgan fingerprint density at radius 1 is 1.38 bits per heavy atom. The van der Waals surface area contributed by atoms with Gasteiger partial charge in [0.05, 0.1) is 25.4 Å². The summed E-state index contributed by atoms with van der Waals surface area (Å²) in [7, 11) is 1.39. The molecule has 0 amide bonds. The first-order valence-electron chi connectivity index (χ1n) is 7.08. The number of carbonyl (C=O) groups excluding carboxylic acids is 1. The number of hydrogen-bond acceptors (Lipinski definition) is 4. The molecule has 0 saturated heterocycles. The summed E-state index contributed by atoms with van der Waals surface area (Å²) in [5.41, 5.74) is 8.09. The molecule has 0 saturated carbocycles. The van der Waals surface area contributed by atoms with Crippen molar-refractivity contribution >= 4 is 5.97 Å². The Morgan fingerprint density at radius 3 is 2.71 bits per heavy atom. The van der Waals surface area contributed by atoms with Gasteiger partial charge in [-0.25, -0.2) is 4.68 Å². The van der Waals surface area contributed by atoms with E-state index in [4.69, 9.17) is 10.5 Å². The molecule has 1 aromatic carbocycles. The molecule has 2 atom stereocenters. The van der Waals surface area contributed by atoms with Crippen molar-refractivity contribution in [1.29, 1.82) is 0 Å². The molecule has 0 spiro atoms. The van der Waals surface area contributed by atoms with Crippen molar-refractivity contribution in [1.82, 2.24) is 9.78 Å². The highest BCUT2D eigenvalue weighted by Crippen LogP contribution is 2.25. The van der Waals surface area contributed by atoms with Crippen molar-refractivity contribution in [2.75, 3.05) is 7.11 Å². The van der Waals surface area contributed by atoms with Crippen molar-refractivity contribution in [3.63, 3.8) is 0 Å². The molecule has 1 heterocycles. The fraction of sp³-hybridized carbons (Fsp3) is 0.375. The molecule has 0 aliphatic heterocycles. The van der Waals surface area contributed by atoms with E-state index in [0.717, 1.165) is 17.7 Å². The van der Waals surface area contributed by atoms with E-state index >= 15 is 0 Å². The molecule has 5 heteroatoms. The van der Waals surface area contributed by atoms with Crippen LogP contribution in [-0.2, 0) is 9.53 Å². The molecule has 0 radical (unpaired) electrons. The minimum atomic E-state index is -0.253. The van der Waals surface area contributed by atoms with Crippen LogP contribution in [0.1, 0.15) is 31.2 Å². The van der Waals surface area contributed by atoms with Crippen LogP contribution < -0.4 is 5.73 Å². The highest BCUT2D eigenvalue weighted by molar-refractivity contribution is 5.70. The molecular formula is C16H21N3O2. The zero-order chi connectivity index (χ0) is 15.2. The van der Waals surface area contributed by atoms with Crippen molar-refractivity contribution in [2.45, 2.75) is 31.7 Å². The maximum Gasteiger partial charge on any atom is 0.306 e. The normalized spacial score (nSPS) is 13.7. The molecule has 2 unspecified atom stereocenters. The predicted molar refractivity (Wildman–Crippen MR) is 81.2 cm³/mol. The number of nitrogens with two attached hydrogens (primary N) is 1. The van der Waals surface area contributed by atoms with E-state index in [1.807, 2.05) is 43.5 Å². The van der Waals surface area contributed by atoms with Gasteiger partial charge in [0.2, 0.25) is 0 Å². The number of benzene rings is 1. The summed E-state index contributed by atoms with van der Waals surface area (Å²) < 4.78 is 6.56. The van der Waals surface area contributed by atoms with E-state index in [9.17, 15) is 4.79 Å². The number of aromatic nitrogens is 2. The van der Waals surface area contributed by atoms with Crippen LogP contribution in [0, 0.1) is 0 Å². The van der Waals surface area contributed by atoms with Gasteiger partial charge in [-0.2, -0.15) is 5.10 Å². The molecule has 0 fully saturated rings. The molecule has 5 nitrogen and oxygen atoms in total. The van der Waals surface area contributed by atoms with E-state index in [1.54, 1.807) is 10.9 Å². The first kappa shape index (κ1) is 15.3. The van der Waals surface area contributed by atoms with Gasteiger partial charge in [0, 0.05) is 18.2 Å². The third kappa shape index (κ3) is 3.70. The Hall–Kier alpha value is -2.14. The fourth-order valence-corrected chi connectivity index (χ4v) is 2.31. The second kappa shape index (κ2) is 7.04. The molecular weight excluding hydrogens is 266 g/mol. The maximum atomic E-state index is 11.6. The average molecular weight is 287 g/mol. The van der Waals surface area contributed by atoms with Gasteiger partial charge in [-0.1, -0.05) is 25.1 Å². The highest BCUT2D eigenvalue weighted by atomic mass is 16.5. The second-order valence-corrected chi connectivity index (χ2v) is 5.01. The number of carbonyl (C=O) groups is 1. The lowest BCUT2D eigenvalue weighted by Crippen LogP contribution is -2.29. The molecule has 2 N–H and O–H groups in total. The summed E-state index contributed by atoms with van der Waals surface area (Å²) >= 11 is 0. The third-order valence-corrected chi connectivity index (χ3v) is 3.65. The topological polar surface area (TPSA) is 70.1 Å². The number of rotatable bonds is 6. The van der Waals surface area contributed by atoms with Crippen LogP contribution in [0.25, 0.3) is 5.69 Å². The standard InChI is InChI=1S/C16H21N3O2/c1-3-15(17)14(9-16(20)21-2)12-10-18-19(11-12)13-7-5-4-6-8-13/h4-8,10-11,14-15H,3,9,17H2,1-2H3. The Bertz CT molecular complexity index is 580. The molecule has 0 bridgehead atoms. The van der Waals surface area contributed by atoms with E-state index in [2.05, 4.69) is 5.10 Å². The summed E-state index contributed by atoms with van der Waals surface area (Å²) in [6.07, 6.45) is 4.76. The van der Waals surface area contributed by atoms with Crippen LogP contribution in [0.2, 0.25) is 0 Å². The maximum absolute atomic E-state index is 11.6. The first-order valence-corrected chi connectivity index (χ1v) is 7.08. The van der Waals surface area contributed by atoms with Gasteiger partial charge in [0.25, 0.3) is 0 Å². The number of methoxy groups -OCH3 is 1. The van der Waals surface area contributed by atoms with Crippen molar-refractivity contribution in [3.05, 3.63) is 48.3 Å². The van der Waals surface area contributed by atoms with Gasteiger partial charge < -0.3 is 10.5 Å². The van der Waals surface area contributed by atoms with E-state index in [-0.39, 0.29) is 24.3 Å². The number of nitrogens with zero attached hydrogens (tertiary/aromatic N) is 2. The smallest absolute Gasteiger partial charge is 0.306 e. The lowest BCUT2D eigenvalue weighted by molar-refractivity contribution is -0.141. The zero-order valence-electron chi connectivity index (χ0n) is 12.4. The average Bonchev–Trinajstić information content (AvgIpc) is 3.02. The number of esters is 1. The molecule has 2 rings (SSSR count). The minimum absolute atomic E-state index is 0.0834. The summed E-state index contributed by atoms with van der Waals surface area (Å²) in [4.78, 5) is 11.6. The van der Waals surface area contributed by atoms with Gasteiger partial charge >= 0.3 is 5.97 Å². The van der Waals surface area contributed by atoms with Crippen molar-refractivity contribution in [3.8, 4) is 5.69 Å². The quantitative estimate of drug-likeness (QED) is 0.827. The number of para-hydroxylation sites is 1. The molecule has 112 valence electrons. The van der Waals surface area contributed by atoms with Gasteiger partial charge in [-0.15, -0.1) is 0 Å². The first-order chi connectivity index (χ1) is 10.2. The van der Waals surface area contributed by atoms with Crippen LogP contribution in [-0.4, -0.2) is 28.9 Å². The van der Waals surface area contributed by atoms with E-state index < -0.39 is 0 Å². The molecule has 2 aromatic rings. The van der Waals surface area contributed by atoms with E-state index in [0.29, 0.717) is 0 Å². The van der Waals surface area contributed by atoms with Gasteiger partial charge in [-0.05, 0) is 24.1 Å². The van der Waals surface area contributed by atoms with Crippen LogP contribution in [0.5, 0.6) is 0 Å². The van der Waals surface area contributed by atoms with Crippen molar-refractivity contribution < 1.29 is 9.53 Å². The fourth-order valence-electron chi connectivity index (χ4n) is 2.31. The molecule has 0 aliphatic carbocycles. The Morgan fingerprint density at radius 2 is 2.10 bits per heavy atom. The molecule has 1 aromatic heterocycles. The molecule has 21 heavy (non-hydrogen) atoms. The number of ether oxygens (including phenoxy) is 1. The highest BCUT2D eigenvalue weighted by Gasteiger charge is 2.23. The van der Waals surface area contributed by atoms with Gasteiger partial charge in [0.15, 0.2) is 0 Å². The van der Waals surface area contributed by atoms with Crippen LogP contribution >= 0.6 is 0 Å². The van der Waals surface area contributed by atoms with Crippen LogP contribution in [0.4, 0.5) is 0 Å². The lowest BCUT2D eigenvalue weighted by atomic mass is 9.89. The minimum Gasteiger partial charge on any atom is -0.469 e. The predicted octanol–water partition coefficient (Wildman–Crippen LogP) is 2.26. The Balaban J connectivity index is 2.25. The Kier molecular flexibility index (Phi) is 5.11. The van der Waals surface area contributed by atoms with E-state index in [1.165, 1.54) is 7.11 Å². The monoisotopic (exact) mass is 287 g/mol. The SMILES string of the molecule is CCC(N)C(CC(=O)OC)c1cnn(-c2ccccc2)c1. The Labute approximate surface area is 124 Å². The van der Waals surface area contributed by atoms with Crippen LogP contribution in [0.15, 0.2) is 42.7 Å². The molecule has 0 aliphatic rings. The summed E-state index contributed by atoms with van der Waals surface area (Å²) in [6.45, 7) is 2.01.